The van der Waals surface area contributed by atoms with Crippen molar-refractivity contribution in [1.29, 1.82) is 0 Å². The van der Waals surface area contributed by atoms with Crippen molar-refractivity contribution in [2.75, 3.05) is 0 Å². The molecule has 12 heteroatoms. The molecular weight excluding hydrogens is 416 g/mol. The van der Waals surface area contributed by atoms with Gasteiger partial charge in [0.2, 0.25) is 0 Å². The summed E-state index contributed by atoms with van der Waals surface area (Å²) in [6.07, 6.45) is -2.35. The number of ether oxygens (including phenoxy) is 1. The van der Waals surface area contributed by atoms with Gasteiger partial charge in [-0.1, -0.05) is 18.2 Å². The number of nitrogens with zero attached hydrogens (tertiary/aromatic N) is 1. The number of hydrogen-bond acceptors (Lipinski definition) is 7. The third-order valence-corrected chi connectivity index (χ3v) is 4.20. The Hall–Kier alpha value is -4.48. The Morgan fingerprint density at radius 1 is 1.00 bits per heavy atom. The van der Waals surface area contributed by atoms with Crippen molar-refractivity contribution in [3.8, 4) is 0 Å². The highest BCUT2D eigenvalue weighted by Gasteiger charge is 2.28. The standard InChI is InChI=1S/C19H16N2O10/c1-9(11-4-2-3-5-14(11)21(29)30)31-19(28)20-15(18(26)27)10-6-7-12(16(22)23)13(8-10)17(24)25/h2-9,15H,1H3,(H,20,28)(H,22,23)(H,24,25)(H,26,27)/t9?,15-/m0/s1. The Morgan fingerprint density at radius 3 is 2.16 bits per heavy atom. The van der Waals surface area contributed by atoms with Crippen molar-refractivity contribution in [1.82, 2.24) is 5.32 Å². The molecule has 4 N–H and O–H groups in total. The minimum atomic E-state index is -1.77. The first-order valence-electron chi connectivity index (χ1n) is 8.56. The number of carboxylic acid groups (broad SMARTS) is 3. The molecule has 12 nitrogen and oxygen atoms in total. The number of aromatic carboxylic acids is 2. The predicted molar refractivity (Wildman–Crippen MR) is 102 cm³/mol. The summed E-state index contributed by atoms with van der Waals surface area (Å²) in [7, 11) is 0. The molecule has 0 spiro atoms. The Bertz CT molecular complexity index is 1070. The summed E-state index contributed by atoms with van der Waals surface area (Å²) in [5.41, 5.74) is -1.67. The molecule has 0 aromatic heterocycles. The summed E-state index contributed by atoms with van der Waals surface area (Å²) in [6, 6.07) is 6.50. The van der Waals surface area contributed by atoms with Crippen LogP contribution in [0.2, 0.25) is 0 Å². The van der Waals surface area contributed by atoms with Crippen LogP contribution in [-0.2, 0) is 9.53 Å². The van der Waals surface area contributed by atoms with E-state index in [1.807, 2.05) is 5.32 Å². The second-order valence-electron chi connectivity index (χ2n) is 6.19. The quantitative estimate of drug-likeness (QED) is 0.356. The van der Waals surface area contributed by atoms with Gasteiger partial charge in [-0.05, 0) is 30.7 Å². The van der Waals surface area contributed by atoms with Crippen LogP contribution < -0.4 is 5.32 Å². The molecule has 1 amide bonds. The summed E-state index contributed by atoms with van der Waals surface area (Å²) >= 11 is 0. The van der Waals surface area contributed by atoms with Crippen LogP contribution in [0.4, 0.5) is 10.5 Å². The molecule has 0 fully saturated rings. The van der Waals surface area contributed by atoms with Crippen molar-refractivity contribution >= 4 is 29.7 Å². The van der Waals surface area contributed by atoms with E-state index < -0.39 is 52.2 Å². The Labute approximate surface area is 173 Å². The van der Waals surface area contributed by atoms with E-state index in [4.69, 9.17) is 9.84 Å². The first kappa shape index (κ1) is 22.8. The highest BCUT2D eigenvalue weighted by atomic mass is 16.6. The van der Waals surface area contributed by atoms with Gasteiger partial charge in [-0.25, -0.2) is 19.2 Å². The zero-order valence-corrected chi connectivity index (χ0v) is 15.8. The van der Waals surface area contributed by atoms with Gasteiger partial charge in [-0.2, -0.15) is 0 Å². The second-order valence-corrected chi connectivity index (χ2v) is 6.19. The van der Waals surface area contributed by atoms with Crippen molar-refractivity contribution in [2.24, 2.45) is 0 Å². The molecular formula is C19H16N2O10. The molecule has 0 aliphatic heterocycles. The third kappa shape index (κ3) is 5.32. The fraction of sp³-hybridized carbons (Fsp3) is 0.158. The van der Waals surface area contributed by atoms with Crippen LogP contribution >= 0.6 is 0 Å². The van der Waals surface area contributed by atoms with Crippen molar-refractivity contribution in [3.05, 3.63) is 74.8 Å². The first-order chi connectivity index (χ1) is 14.5. The highest BCUT2D eigenvalue weighted by Crippen LogP contribution is 2.27. The number of para-hydroxylation sites is 1. The van der Waals surface area contributed by atoms with Gasteiger partial charge in [-0.15, -0.1) is 0 Å². The minimum absolute atomic E-state index is 0.0773. The molecule has 0 aliphatic rings. The zero-order chi connectivity index (χ0) is 23.3. The molecule has 2 aromatic carbocycles. The van der Waals surface area contributed by atoms with Crippen LogP contribution in [-0.4, -0.2) is 44.2 Å². The molecule has 31 heavy (non-hydrogen) atoms. The SMILES string of the molecule is CC(OC(=O)N[C@H](C(=O)O)c1ccc(C(=O)O)c(C(=O)O)c1)c1ccccc1[N+](=O)[O-]. The monoisotopic (exact) mass is 432 g/mol. The van der Waals surface area contributed by atoms with Crippen molar-refractivity contribution in [2.45, 2.75) is 19.1 Å². The van der Waals surface area contributed by atoms with Gasteiger partial charge in [0.25, 0.3) is 5.69 Å². The van der Waals surface area contributed by atoms with Crippen LogP contribution in [0.5, 0.6) is 0 Å². The molecule has 0 saturated carbocycles. The van der Waals surface area contributed by atoms with E-state index in [9.17, 15) is 39.5 Å². The van der Waals surface area contributed by atoms with Crippen LogP contribution in [0.15, 0.2) is 42.5 Å². The topological polar surface area (TPSA) is 193 Å². The number of hydrogen-bond donors (Lipinski definition) is 4. The van der Waals surface area contributed by atoms with Gasteiger partial charge in [0.05, 0.1) is 21.6 Å². The summed E-state index contributed by atoms with van der Waals surface area (Å²) < 4.78 is 5.04. The molecule has 0 radical (unpaired) electrons. The zero-order valence-electron chi connectivity index (χ0n) is 15.8. The number of carbonyl (C=O) groups excluding carboxylic acids is 1. The Balaban J connectivity index is 2.26. The second kappa shape index (κ2) is 9.35. The number of rotatable bonds is 8. The lowest BCUT2D eigenvalue weighted by Gasteiger charge is -2.19. The van der Waals surface area contributed by atoms with E-state index in [-0.39, 0.29) is 16.8 Å². The van der Waals surface area contributed by atoms with E-state index in [0.717, 1.165) is 18.2 Å². The van der Waals surface area contributed by atoms with E-state index in [1.54, 1.807) is 0 Å². The molecule has 1 unspecified atom stereocenters. The maximum atomic E-state index is 12.2. The van der Waals surface area contributed by atoms with Crippen LogP contribution in [0.25, 0.3) is 0 Å². The summed E-state index contributed by atoms with van der Waals surface area (Å²) in [5, 5.41) is 40.8. The molecule has 0 saturated heterocycles. The molecule has 162 valence electrons. The van der Waals surface area contributed by atoms with Crippen LogP contribution in [0, 0.1) is 10.1 Å². The minimum Gasteiger partial charge on any atom is -0.479 e. The van der Waals surface area contributed by atoms with Gasteiger partial charge in [-0.3, -0.25) is 10.1 Å². The molecule has 2 atom stereocenters. The number of benzene rings is 2. The summed E-state index contributed by atoms with van der Waals surface area (Å²) in [5.74, 6) is -4.70. The number of alkyl carbamates (subject to hydrolysis) is 1. The smallest absolute Gasteiger partial charge is 0.408 e. The van der Waals surface area contributed by atoms with E-state index in [0.29, 0.717) is 0 Å². The molecule has 0 aliphatic carbocycles. The summed E-state index contributed by atoms with van der Waals surface area (Å²) in [4.78, 5) is 56.7. The van der Waals surface area contributed by atoms with E-state index in [2.05, 4.69) is 0 Å². The number of aliphatic carboxylic acids is 1. The average molecular weight is 432 g/mol. The lowest BCUT2D eigenvalue weighted by atomic mass is 9.99. The Morgan fingerprint density at radius 2 is 1.61 bits per heavy atom. The van der Waals surface area contributed by atoms with Crippen LogP contribution in [0.3, 0.4) is 0 Å². The fourth-order valence-corrected chi connectivity index (χ4v) is 2.77. The van der Waals surface area contributed by atoms with Gasteiger partial charge in [0, 0.05) is 6.07 Å². The van der Waals surface area contributed by atoms with Gasteiger partial charge < -0.3 is 25.4 Å². The third-order valence-electron chi connectivity index (χ3n) is 4.20. The predicted octanol–water partition coefficient (Wildman–Crippen LogP) is 2.60. The van der Waals surface area contributed by atoms with Gasteiger partial charge >= 0.3 is 24.0 Å². The van der Waals surface area contributed by atoms with E-state index in [1.165, 1.54) is 31.2 Å². The molecule has 0 bridgehead atoms. The van der Waals surface area contributed by atoms with E-state index >= 15 is 0 Å². The normalized spacial score (nSPS) is 12.3. The maximum Gasteiger partial charge on any atom is 0.408 e. The maximum absolute atomic E-state index is 12.2. The number of carbonyl (C=O) groups is 4. The molecule has 2 rings (SSSR count). The summed E-state index contributed by atoms with van der Waals surface area (Å²) in [6.45, 7) is 1.35. The number of nitro groups is 1. The number of nitrogens with one attached hydrogen (secondary N) is 1. The molecule has 2 aromatic rings. The Kier molecular flexibility index (Phi) is 6.87. The van der Waals surface area contributed by atoms with Gasteiger partial charge in [0.1, 0.15) is 6.10 Å². The van der Waals surface area contributed by atoms with Gasteiger partial charge in [0.15, 0.2) is 6.04 Å². The van der Waals surface area contributed by atoms with Crippen molar-refractivity contribution in [3.63, 3.8) is 0 Å². The lowest BCUT2D eigenvalue weighted by molar-refractivity contribution is -0.386. The molecule has 0 heterocycles. The first-order valence-corrected chi connectivity index (χ1v) is 8.56. The average Bonchev–Trinajstić information content (AvgIpc) is 2.71. The number of amides is 1. The largest absolute Gasteiger partial charge is 0.479 e. The number of nitro benzene ring substituents is 1. The van der Waals surface area contributed by atoms with Crippen molar-refractivity contribution < 1.29 is 44.2 Å². The van der Waals surface area contributed by atoms with Crippen LogP contribution in [0.1, 0.15) is 50.9 Å². The highest BCUT2D eigenvalue weighted by molar-refractivity contribution is 6.02. The fourth-order valence-electron chi connectivity index (χ4n) is 2.77. The number of carboxylic acids is 3. The lowest BCUT2D eigenvalue weighted by Crippen LogP contribution is -2.35.